The van der Waals surface area contributed by atoms with Gasteiger partial charge in [-0.15, -0.1) is 11.3 Å². The lowest BCUT2D eigenvalue weighted by Gasteiger charge is -2.25. The fraction of sp³-hybridized carbons (Fsp3) is 0.318. The highest BCUT2D eigenvalue weighted by Gasteiger charge is 2.17. The van der Waals surface area contributed by atoms with E-state index in [1.165, 1.54) is 31.4 Å². The van der Waals surface area contributed by atoms with Gasteiger partial charge in [-0.3, -0.25) is 4.79 Å². The number of amides is 1. The quantitative estimate of drug-likeness (QED) is 0.618. The monoisotopic (exact) mass is 424 g/mol. The third-order valence-corrected chi connectivity index (χ3v) is 6.26. The van der Waals surface area contributed by atoms with Crippen LogP contribution in [-0.4, -0.2) is 39.6 Å². The Morgan fingerprint density at radius 1 is 1.10 bits per heavy atom. The molecule has 30 heavy (non-hydrogen) atoms. The fourth-order valence-corrected chi connectivity index (χ4v) is 4.50. The number of carboxylic acid groups (broad SMARTS) is 1. The molecule has 0 radical (unpaired) electrons. The van der Waals surface area contributed by atoms with E-state index in [1.54, 1.807) is 29.5 Å². The molecule has 156 valence electrons. The van der Waals surface area contributed by atoms with Crippen LogP contribution in [0.5, 0.6) is 0 Å². The number of nitrogens with one attached hydrogen (secondary N) is 1. The molecule has 1 amide bonds. The van der Waals surface area contributed by atoms with Crippen LogP contribution in [0.15, 0.2) is 41.8 Å². The molecule has 1 fully saturated rings. The molecule has 0 bridgehead atoms. The Morgan fingerprint density at radius 3 is 2.53 bits per heavy atom. The summed E-state index contributed by atoms with van der Waals surface area (Å²) in [6.07, 6.45) is 3.71. The van der Waals surface area contributed by atoms with Crippen molar-refractivity contribution < 1.29 is 14.7 Å². The third-order valence-electron chi connectivity index (χ3n) is 5.31. The molecule has 0 aliphatic carbocycles. The molecular weight excluding hydrogens is 400 g/mol. The predicted octanol–water partition coefficient (Wildman–Crippen LogP) is 4.24. The number of carboxylic acids is 1. The average Bonchev–Trinajstić information content (AvgIpc) is 3.37. The Morgan fingerprint density at radius 2 is 1.83 bits per heavy atom. The smallest absolute Gasteiger partial charge is 0.335 e. The van der Waals surface area contributed by atoms with Crippen molar-refractivity contribution in [2.45, 2.75) is 32.7 Å². The number of hydrogen-bond donors (Lipinski definition) is 2. The van der Waals surface area contributed by atoms with Crippen molar-refractivity contribution in [2.24, 2.45) is 0 Å². The van der Waals surface area contributed by atoms with Gasteiger partial charge in [-0.1, -0.05) is 0 Å². The molecule has 7 nitrogen and oxygen atoms in total. The van der Waals surface area contributed by atoms with E-state index in [9.17, 15) is 9.59 Å². The van der Waals surface area contributed by atoms with E-state index in [-0.39, 0.29) is 11.5 Å². The van der Waals surface area contributed by atoms with Gasteiger partial charge in [-0.2, -0.15) is 0 Å². The van der Waals surface area contributed by atoms with E-state index in [2.05, 4.69) is 15.6 Å². The van der Waals surface area contributed by atoms with Gasteiger partial charge in [0.05, 0.1) is 17.8 Å². The highest BCUT2D eigenvalue weighted by molar-refractivity contribution is 7.13. The predicted molar refractivity (Wildman–Crippen MR) is 118 cm³/mol. The summed E-state index contributed by atoms with van der Waals surface area (Å²) in [5, 5.41) is 15.0. The van der Waals surface area contributed by atoms with Crippen LogP contribution < -0.4 is 10.2 Å². The highest BCUT2D eigenvalue weighted by atomic mass is 32.1. The van der Waals surface area contributed by atoms with Crippen LogP contribution in [0.1, 0.15) is 51.5 Å². The number of thiazole rings is 1. The number of carbonyl (C=O) groups excluding carboxylic acids is 1. The van der Waals surface area contributed by atoms with E-state index in [4.69, 9.17) is 10.1 Å². The van der Waals surface area contributed by atoms with Crippen LogP contribution in [0, 0.1) is 6.92 Å². The number of benzene rings is 1. The summed E-state index contributed by atoms with van der Waals surface area (Å²) in [6.45, 7) is 4.62. The number of piperidine rings is 1. The van der Waals surface area contributed by atoms with Crippen LogP contribution >= 0.6 is 11.3 Å². The lowest BCUT2D eigenvalue weighted by Crippen LogP contribution is -2.29. The molecule has 8 heteroatoms. The van der Waals surface area contributed by atoms with E-state index in [1.807, 2.05) is 17.6 Å². The molecule has 3 heterocycles. The number of aryl methyl sites for hydroxylation is 1. The van der Waals surface area contributed by atoms with Crippen LogP contribution in [0.4, 0.5) is 10.8 Å². The first-order chi connectivity index (χ1) is 14.5. The molecule has 1 aromatic carbocycles. The highest BCUT2D eigenvalue weighted by Crippen LogP contribution is 2.25. The van der Waals surface area contributed by atoms with Gasteiger partial charge in [0.1, 0.15) is 5.69 Å². The summed E-state index contributed by atoms with van der Waals surface area (Å²) in [5.41, 5.74) is 3.20. The molecule has 1 aliphatic rings. The number of aromatic carboxylic acids is 1. The van der Waals surface area contributed by atoms with Gasteiger partial charge in [-0.25, -0.2) is 9.78 Å². The number of anilines is 2. The Balaban J connectivity index is 1.48. The minimum absolute atomic E-state index is 0.181. The second kappa shape index (κ2) is 8.71. The number of rotatable bonds is 6. The number of aromatic nitrogens is 2. The molecule has 0 saturated carbocycles. The first kappa shape index (κ1) is 20.2. The number of nitrogens with zero attached hydrogens (tertiary/aromatic N) is 3. The summed E-state index contributed by atoms with van der Waals surface area (Å²) in [6, 6.07) is 9.84. The van der Waals surface area contributed by atoms with Crippen molar-refractivity contribution in [2.75, 3.05) is 23.3 Å². The zero-order valence-electron chi connectivity index (χ0n) is 16.8. The maximum absolute atomic E-state index is 12.8. The van der Waals surface area contributed by atoms with Crippen molar-refractivity contribution in [3.63, 3.8) is 0 Å². The largest absolute Gasteiger partial charge is 0.478 e. The topological polar surface area (TPSA) is 87.5 Å². The van der Waals surface area contributed by atoms with Gasteiger partial charge in [-0.05, 0) is 62.6 Å². The summed E-state index contributed by atoms with van der Waals surface area (Å²) in [5.74, 6) is -1.23. The Labute approximate surface area is 179 Å². The minimum atomic E-state index is -0.996. The standard InChI is InChI=1S/C22H24N4O3S/c1-15-5-10-19(20(27)23-17-8-6-16(7-9-17)21(28)29)26(15)13-18-14-30-22(24-18)25-11-3-2-4-12-25/h5-10,14H,2-4,11-13H2,1H3,(H,23,27)(H,28,29). The third kappa shape index (κ3) is 4.38. The Kier molecular flexibility index (Phi) is 5.85. The van der Waals surface area contributed by atoms with Crippen molar-refractivity contribution in [1.29, 1.82) is 0 Å². The summed E-state index contributed by atoms with van der Waals surface area (Å²) < 4.78 is 1.95. The number of hydrogen-bond acceptors (Lipinski definition) is 5. The molecule has 0 atom stereocenters. The summed E-state index contributed by atoms with van der Waals surface area (Å²) >= 11 is 1.66. The van der Waals surface area contributed by atoms with Crippen molar-refractivity contribution in [1.82, 2.24) is 9.55 Å². The van der Waals surface area contributed by atoms with Gasteiger partial charge < -0.3 is 19.9 Å². The lowest BCUT2D eigenvalue weighted by atomic mass is 10.1. The maximum atomic E-state index is 12.8. The first-order valence-corrected chi connectivity index (χ1v) is 10.9. The van der Waals surface area contributed by atoms with Crippen molar-refractivity contribution in [3.8, 4) is 0 Å². The molecule has 0 spiro atoms. The van der Waals surface area contributed by atoms with E-state index in [0.717, 1.165) is 29.6 Å². The van der Waals surface area contributed by atoms with Crippen LogP contribution in [-0.2, 0) is 6.54 Å². The van der Waals surface area contributed by atoms with Crippen LogP contribution in [0.25, 0.3) is 0 Å². The second-order valence-electron chi connectivity index (χ2n) is 7.45. The molecule has 1 saturated heterocycles. The van der Waals surface area contributed by atoms with Crippen LogP contribution in [0.3, 0.4) is 0 Å². The molecule has 2 N–H and O–H groups in total. The first-order valence-electron chi connectivity index (χ1n) is 10.0. The zero-order valence-corrected chi connectivity index (χ0v) is 17.6. The van der Waals surface area contributed by atoms with Gasteiger partial charge >= 0.3 is 5.97 Å². The van der Waals surface area contributed by atoms with E-state index in [0.29, 0.717) is 17.9 Å². The average molecular weight is 425 g/mol. The lowest BCUT2D eigenvalue weighted by molar-refractivity contribution is 0.0696. The van der Waals surface area contributed by atoms with E-state index >= 15 is 0 Å². The normalized spacial score (nSPS) is 14.0. The molecule has 1 aliphatic heterocycles. The Hall–Kier alpha value is -3.13. The van der Waals surface area contributed by atoms with Gasteiger partial charge in [0.2, 0.25) is 0 Å². The molecular formula is C22H24N4O3S. The SMILES string of the molecule is Cc1ccc(C(=O)Nc2ccc(C(=O)O)cc2)n1Cc1csc(N2CCCCC2)n1. The summed E-state index contributed by atoms with van der Waals surface area (Å²) in [4.78, 5) is 31.0. The van der Waals surface area contributed by atoms with Crippen molar-refractivity contribution >= 4 is 34.0 Å². The summed E-state index contributed by atoms with van der Waals surface area (Å²) in [7, 11) is 0. The molecule has 4 rings (SSSR count). The Bertz CT molecular complexity index is 1050. The van der Waals surface area contributed by atoms with Gasteiger partial charge in [0.25, 0.3) is 5.91 Å². The van der Waals surface area contributed by atoms with Crippen LogP contribution in [0.2, 0.25) is 0 Å². The number of carbonyl (C=O) groups is 2. The van der Waals surface area contributed by atoms with Gasteiger partial charge in [0, 0.05) is 29.9 Å². The molecule has 0 unspecified atom stereocenters. The molecule has 2 aromatic heterocycles. The van der Waals surface area contributed by atoms with Gasteiger partial charge in [0.15, 0.2) is 5.13 Å². The fourth-order valence-electron chi connectivity index (χ4n) is 3.63. The second-order valence-corrected chi connectivity index (χ2v) is 8.29. The zero-order chi connectivity index (χ0) is 21.1. The van der Waals surface area contributed by atoms with E-state index < -0.39 is 5.97 Å². The van der Waals surface area contributed by atoms with Crippen molar-refractivity contribution in [3.05, 3.63) is 64.4 Å². The maximum Gasteiger partial charge on any atom is 0.335 e. The molecule has 3 aromatic rings. The minimum Gasteiger partial charge on any atom is -0.478 e.